The van der Waals surface area contributed by atoms with Crippen LogP contribution in [-0.4, -0.2) is 72.6 Å². The second kappa shape index (κ2) is 9.30. The third-order valence-electron chi connectivity index (χ3n) is 6.01. The van der Waals surface area contributed by atoms with Crippen molar-refractivity contribution in [3.8, 4) is 0 Å². The van der Waals surface area contributed by atoms with Crippen molar-refractivity contribution in [3.05, 3.63) is 67.5 Å². The second-order valence-corrected chi connectivity index (χ2v) is 8.63. The predicted molar refractivity (Wildman–Crippen MR) is 134 cm³/mol. The van der Waals surface area contributed by atoms with E-state index >= 15 is 0 Å². The number of hydrogen-bond acceptors (Lipinski definition) is 7. The van der Waals surface area contributed by atoms with Gasteiger partial charge in [-0.05, 0) is 45.4 Å². The van der Waals surface area contributed by atoms with E-state index < -0.39 is 5.69 Å². The summed E-state index contributed by atoms with van der Waals surface area (Å²) in [5, 5.41) is 4.49. The number of nitrogens with two attached hydrogens (primary N) is 1. The van der Waals surface area contributed by atoms with Crippen LogP contribution in [0, 0.1) is 0 Å². The first-order valence-corrected chi connectivity index (χ1v) is 11.1. The Balaban J connectivity index is 1.99. The molecule has 0 aliphatic carbocycles. The van der Waals surface area contributed by atoms with Crippen LogP contribution < -0.4 is 27.7 Å². The van der Waals surface area contributed by atoms with E-state index in [9.17, 15) is 14.4 Å². The van der Waals surface area contributed by atoms with Crippen molar-refractivity contribution in [2.24, 2.45) is 5.73 Å². The predicted octanol–water partition coefficient (Wildman–Crippen LogP) is 0.430. The lowest BCUT2D eigenvalue weighted by Crippen LogP contribution is -2.40. The van der Waals surface area contributed by atoms with Gasteiger partial charge in [-0.15, -0.1) is 0 Å². The minimum Gasteiger partial charge on any atom is -0.383 e. The molecule has 0 aliphatic heterocycles. The molecule has 0 unspecified atom stereocenters. The average molecular weight is 451 g/mol. The van der Waals surface area contributed by atoms with Crippen LogP contribution in [0.3, 0.4) is 0 Å². The standard InChI is InChI=1S/C24H30N6O3/c1-27(2)14-15-29-23(32)17-8-9-18(26-11-13-28(3)12-10-25)20-21(17)30(24(29)33)19-7-5-4-6-16(19)22(20)31/h4-9,26H,10-15,25H2,1-3H3. The molecule has 0 saturated carbocycles. The van der Waals surface area contributed by atoms with Gasteiger partial charge >= 0.3 is 5.69 Å². The van der Waals surface area contributed by atoms with Crippen LogP contribution in [0.4, 0.5) is 5.69 Å². The van der Waals surface area contributed by atoms with E-state index in [1.165, 1.54) is 8.97 Å². The maximum atomic E-state index is 13.5. The van der Waals surface area contributed by atoms with Crippen molar-refractivity contribution < 1.29 is 0 Å². The van der Waals surface area contributed by atoms with Gasteiger partial charge in [-0.1, -0.05) is 12.1 Å². The third-order valence-corrected chi connectivity index (χ3v) is 6.01. The fraction of sp³-hybridized carbons (Fsp3) is 0.375. The smallest absolute Gasteiger partial charge is 0.336 e. The van der Waals surface area contributed by atoms with Crippen molar-refractivity contribution in [3.63, 3.8) is 0 Å². The molecular weight excluding hydrogens is 420 g/mol. The van der Waals surface area contributed by atoms with Crippen LogP contribution in [0.25, 0.3) is 27.2 Å². The van der Waals surface area contributed by atoms with E-state index in [1.807, 2.05) is 26.0 Å². The Morgan fingerprint density at radius 2 is 1.70 bits per heavy atom. The number of nitrogens with zero attached hydrogens (tertiary/aromatic N) is 4. The molecule has 33 heavy (non-hydrogen) atoms. The number of aromatic nitrogens is 2. The molecule has 4 aromatic rings. The monoisotopic (exact) mass is 450 g/mol. The summed E-state index contributed by atoms with van der Waals surface area (Å²) < 4.78 is 2.78. The first kappa shape index (κ1) is 22.9. The molecule has 3 N–H and O–H groups in total. The van der Waals surface area contributed by atoms with Crippen LogP contribution >= 0.6 is 0 Å². The fourth-order valence-corrected chi connectivity index (χ4v) is 4.25. The lowest BCUT2D eigenvalue weighted by Gasteiger charge is -2.19. The zero-order valence-corrected chi connectivity index (χ0v) is 19.3. The van der Waals surface area contributed by atoms with Gasteiger partial charge in [0.1, 0.15) is 0 Å². The van der Waals surface area contributed by atoms with Gasteiger partial charge in [-0.25, -0.2) is 4.79 Å². The van der Waals surface area contributed by atoms with Crippen LogP contribution in [0.15, 0.2) is 50.8 Å². The highest BCUT2D eigenvalue weighted by Crippen LogP contribution is 2.26. The number of pyridine rings is 1. The van der Waals surface area contributed by atoms with E-state index in [4.69, 9.17) is 5.73 Å². The quantitative estimate of drug-likeness (QED) is 0.281. The lowest BCUT2D eigenvalue weighted by atomic mass is 10.0. The summed E-state index contributed by atoms with van der Waals surface area (Å²) in [6.45, 7) is 3.47. The summed E-state index contributed by atoms with van der Waals surface area (Å²) in [6, 6.07) is 10.5. The van der Waals surface area contributed by atoms with Gasteiger partial charge in [-0.3, -0.25) is 18.6 Å². The van der Waals surface area contributed by atoms with E-state index in [0.29, 0.717) is 52.5 Å². The molecule has 0 atom stereocenters. The van der Waals surface area contributed by atoms with Crippen LogP contribution in [-0.2, 0) is 6.54 Å². The summed E-state index contributed by atoms with van der Waals surface area (Å²) in [5.74, 6) is 0. The van der Waals surface area contributed by atoms with Crippen molar-refractivity contribution in [2.45, 2.75) is 6.54 Å². The largest absolute Gasteiger partial charge is 0.383 e. The molecular formula is C24H30N6O3. The first-order valence-electron chi connectivity index (χ1n) is 11.1. The van der Waals surface area contributed by atoms with Gasteiger partial charge in [0.25, 0.3) is 5.56 Å². The number of benzene rings is 2. The summed E-state index contributed by atoms with van der Waals surface area (Å²) in [7, 11) is 5.76. The highest BCUT2D eigenvalue weighted by molar-refractivity contribution is 6.07. The summed E-state index contributed by atoms with van der Waals surface area (Å²) in [5.41, 5.74) is 6.09. The van der Waals surface area contributed by atoms with Gasteiger partial charge in [0.2, 0.25) is 0 Å². The molecule has 9 nitrogen and oxygen atoms in total. The number of fused-ring (bicyclic) bond motifs is 2. The first-order chi connectivity index (χ1) is 15.8. The number of nitrogens with one attached hydrogen (secondary N) is 1. The fourth-order valence-electron chi connectivity index (χ4n) is 4.25. The number of anilines is 1. The second-order valence-electron chi connectivity index (χ2n) is 8.63. The molecule has 2 aromatic carbocycles. The van der Waals surface area contributed by atoms with E-state index in [1.54, 1.807) is 36.4 Å². The van der Waals surface area contributed by atoms with Gasteiger partial charge in [0.15, 0.2) is 5.43 Å². The Hall–Kier alpha value is -3.27. The molecule has 2 aromatic heterocycles. The summed E-state index contributed by atoms with van der Waals surface area (Å²) >= 11 is 0. The third kappa shape index (κ3) is 4.10. The molecule has 0 amide bonds. The zero-order chi connectivity index (χ0) is 23.7. The highest BCUT2D eigenvalue weighted by atomic mass is 16.2. The molecule has 0 fully saturated rings. The SMILES string of the molecule is CN(C)CCn1c(=O)c2ccc(NCCN(C)CCN)c3c(=O)c4ccccc4n(c1=O)c23. The Labute approximate surface area is 191 Å². The van der Waals surface area contributed by atoms with Crippen LogP contribution in [0.1, 0.15) is 0 Å². The Kier molecular flexibility index (Phi) is 6.46. The molecule has 0 aliphatic rings. The topological polar surface area (TPSA) is 105 Å². The van der Waals surface area contributed by atoms with Crippen molar-refractivity contribution in [2.75, 3.05) is 59.2 Å². The minimum absolute atomic E-state index is 0.196. The molecule has 0 bridgehead atoms. The van der Waals surface area contributed by atoms with Gasteiger partial charge < -0.3 is 20.9 Å². The van der Waals surface area contributed by atoms with Gasteiger partial charge in [-0.2, -0.15) is 0 Å². The molecule has 0 spiro atoms. The molecule has 2 heterocycles. The molecule has 174 valence electrons. The zero-order valence-electron chi connectivity index (χ0n) is 19.3. The average Bonchev–Trinajstić information content (AvgIpc) is 2.78. The number of likely N-dealkylation sites (N-methyl/N-ethyl adjacent to an activating group) is 2. The normalized spacial score (nSPS) is 12.1. The van der Waals surface area contributed by atoms with E-state index in [0.717, 1.165) is 13.1 Å². The Morgan fingerprint density at radius 1 is 0.939 bits per heavy atom. The molecule has 9 heteroatoms. The molecule has 4 rings (SSSR count). The van der Waals surface area contributed by atoms with Crippen LogP contribution in [0.2, 0.25) is 0 Å². The lowest BCUT2D eigenvalue weighted by molar-refractivity contribution is 0.357. The van der Waals surface area contributed by atoms with E-state index in [-0.39, 0.29) is 17.5 Å². The highest BCUT2D eigenvalue weighted by Gasteiger charge is 2.20. The maximum absolute atomic E-state index is 13.5. The van der Waals surface area contributed by atoms with Crippen LogP contribution in [0.5, 0.6) is 0 Å². The number of rotatable bonds is 9. The summed E-state index contributed by atoms with van der Waals surface area (Å²) in [4.78, 5) is 44.4. The van der Waals surface area contributed by atoms with Gasteiger partial charge in [0.05, 0.1) is 21.8 Å². The Morgan fingerprint density at radius 3 is 2.42 bits per heavy atom. The number of hydrogen-bond donors (Lipinski definition) is 2. The molecule has 0 saturated heterocycles. The van der Waals surface area contributed by atoms with Crippen molar-refractivity contribution in [1.29, 1.82) is 0 Å². The van der Waals surface area contributed by atoms with Gasteiger partial charge in [0, 0.05) is 50.3 Å². The molecule has 0 radical (unpaired) electrons. The van der Waals surface area contributed by atoms with E-state index in [2.05, 4.69) is 10.2 Å². The Bertz CT molecular complexity index is 1470. The van der Waals surface area contributed by atoms with Crippen molar-refractivity contribution in [1.82, 2.24) is 18.8 Å². The maximum Gasteiger partial charge on any atom is 0.336 e. The summed E-state index contributed by atoms with van der Waals surface area (Å²) in [6.07, 6.45) is 0. The minimum atomic E-state index is -0.435. The van der Waals surface area contributed by atoms with Crippen molar-refractivity contribution >= 4 is 32.9 Å². The number of para-hydroxylation sites is 1.